The summed E-state index contributed by atoms with van der Waals surface area (Å²) in [7, 11) is 1.68. The maximum atomic E-state index is 13.3. The van der Waals surface area contributed by atoms with E-state index >= 15 is 0 Å². The monoisotopic (exact) mass is 397 g/mol. The van der Waals surface area contributed by atoms with Crippen LogP contribution in [-0.4, -0.2) is 50.1 Å². The number of carbonyl (C=O) groups excluding carboxylic acids is 2. The van der Waals surface area contributed by atoms with Crippen LogP contribution >= 0.6 is 0 Å². The molecule has 2 aromatic rings. The zero-order valence-corrected chi connectivity index (χ0v) is 16.3. The normalized spacial score (nSPS) is 22.1. The molecule has 6 nitrogen and oxygen atoms in total. The van der Waals surface area contributed by atoms with E-state index in [1.165, 1.54) is 12.1 Å². The minimum atomic E-state index is -0.531. The molecule has 0 aliphatic carbocycles. The molecule has 2 aromatic carbocycles. The molecule has 0 radical (unpaired) electrons. The second kappa shape index (κ2) is 8.21. The second-order valence-corrected chi connectivity index (χ2v) is 7.45. The van der Waals surface area contributed by atoms with E-state index in [0.29, 0.717) is 18.9 Å². The van der Waals surface area contributed by atoms with E-state index in [2.05, 4.69) is 10.2 Å². The molecular formula is C22H24FN3O3. The van der Waals surface area contributed by atoms with Crippen LogP contribution in [0.25, 0.3) is 0 Å². The smallest absolute Gasteiger partial charge is 0.230 e. The van der Waals surface area contributed by atoms with Crippen molar-refractivity contribution in [1.82, 2.24) is 4.90 Å². The van der Waals surface area contributed by atoms with E-state index in [-0.39, 0.29) is 24.1 Å². The van der Waals surface area contributed by atoms with Gasteiger partial charge in [0, 0.05) is 37.9 Å². The summed E-state index contributed by atoms with van der Waals surface area (Å²) >= 11 is 0. The number of morpholine rings is 1. The third-order valence-corrected chi connectivity index (χ3v) is 5.65. The zero-order chi connectivity index (χ0) is 20.4. The van der Waals surface area contributed by atoms with Crippen molar-refractivity contribution in [3.05, 3.63) is 59.9 Å². The van der Waals surface area contributed by atoms with Gasteiger partial charge in [0.2, 0.25) is 11.8 Å². The molecule has 2 saturated heterocycles. The highest BCUT2D eigenvalue weighted by Crippen LogP contribution is 2.37. The summed E-state index contributed by atoms with van der Waals surface area (Å²) in [5, 5.41) is 2.93. The van der Waals surface area contributed by atoms with Gasteiger partial charge >= 0.3 is 0 Å². The Balaban J connectivity index is 1.47. The average molecular weight is 397 g/mol. The Bertz CT molecular complexity index is 879. The summed E-state index contributed by atoms with van der Waals surface area (Å²) < 4.78 is 18.7. The molecule has 0 bridgehead atoms. The van der Waals surface area contributed by atoms with Crippen molar-refractivity contribution in [2.24, 2.45) is 5.92 Å². The van der Waals surface area contributed by atoms with Crippen LogP contribution in [0.4, 0.5) is 15.8 Å². The van der Waals surface area contributed by atoms with Gasteiger partial charge in [-0.1, -0.05) is 12.1 Å². The maximum absolute atomic E-state index is 13.3. The molecule has 1 N–H and O–H groups in total. The Hall–Kier alpha value is -2.93. The SMILES string of the molecule is CN1C(=O)C[C@@H](C(=O)Nc2ccc(N3CCOCC3)cc2)[C@@H]1c1ccc(F)cc1. The van der Waals surface area contributed by atoms with Crippen LogP contribution < -0.4 is 10.2 Å². The van der Waals surface area contributed by atoms with Crippen LogP contribution in [-0.2, 0) is 14.3 Å². The van der Waals surface area contributed by atoms with Gasteiger partial charge in [-0.05, 0) is 42.0 Å². The Morgan fingerprint density at radius 2 is 1.72 bits per heavy atom. The molecule has 2 fully saturated rings. The van der Waals surface area contributed by atoms with E-state index in [1.54, 1.807) is 24.1 Å². The summed E-state index contributed by atoms with van der Waals surface area (Å²) in [5.41, 5.74) is 2.53. The standard InChI is InChI=1S/C22H24FN3O3/c1-25-20(27)14-19(21(25)15-2-4-16(23)5-3-15)22(28)24-17-6-8-18(9-7-17)26-10-12-29-13-11-26/h2-9,19,21H,10-14H2,1H3,(H,24,28)/t19-,21+/m1/s1. The predicted molar refractivity (Wildman–Crippen MR) is 108 cm³/mol. The molecule has 4 rings (SSSR count). The highest BCUT2D eigenvalue weighted by atomic mass is 19.1. The molecule has 0 aromatic heterocycles. The first kappa shape index (κ1) is 19.4. The number of benzene rings is 2. The third-order valence-electron chi connectivity index (χ3n) is 5.65. The number of hydrogen-bond donors (Lipinski definition) is 1. The number of hydrogen-bond acceptors (Lipinski definition) is 4. The lowest BCUT2D eigenvalue weighted by molar-refractivity contribution is -0.127. The van der Waals surface area contributed by atoms with E-state index in [9.17, 15) is 14.0 Å². The number of halogens is 1. The molecule has 0 unspecified atom stereocenters. The lowest BCUT2D eigenvalue weighted by atomic mass is 9.93. The van der Waals surface area contributed by atoms with Gasteiger partial charge in [0.1, 0.15) is 5.82 Å². The summed E-state index contributed by atoms with van der Waals surface area (Å²) in [5.74, 6) is -1.18. The van der Waals surface area contributed by atoms with E-state index in [0.717, 1.165) is 24.3 Å². The van der Waals surface area contributed by atoms with Crippen LogP contribution in [0.15, 0.2) is 48.5 Å². The number of anilines is 2. The number of carbonyl (C=O) groups is 2. The molecule has 2 aliphatic heterocycles. The first-order valence-electron chi connectivity index (χ1n) is 9.77. The lowest BCUT2D eigenvalue weighted by Crippen LogP contribution is -2.36. The van der Waals surface area contributed by atoms with Gasteiger partial charge in [0.15, 0.2) is 0 Å². The molecule has 29 heavy (non-hydrogen) atoms. The molecular weight excluding hydrogens is 373 g/mol. The van der Waals surface area contributed by atoms with Crippen molar-refractivity contribution in [2.45, 2.75) is 12.5 Å². The summed E-state index contributed by atoms with van der Waals surface area (Å²) in [6.07, 6.45) is 0.135. The third kappa shape index (κ3) is 4.10. The van der Waals surface area contributed by atoms with Gasteiger partial charge in [-0.3, -0.25) is 9.59 Å². The average Bonchev–Trinajstić information content (AvgIpc) is 3.05. The fourth-order valence-electron chi connectivity index (χ4n) is 4.03. The van der Waals surface area contributed by atoms with Crippen molar-refractivity contribution in [3.8, 4) is 0 Å². The van der Waals surface area contributed by atoms with Crippen molar-refractivity contribution in [3.63, 3.8) is 0 Å². The van der Waals surface area contributed by atoms with Crippen molar-refractivity contribution < 1.29 is 18.7 Å². The maximum Gasteiger partial charge on any atom is 0.230 e. The van der Waals surface area contributed by atoms with Crippen LogP contribution in [0, 0.1) is 11.7 Å². The van der Waals surface area contributed by atoms with E-state index < -0.39 is 12.0 Å². The van der Waals surface area contributed by atoms with Crippen molar-refractivity contribution >= 4 is 23.2 Å². The van der Waals surface area contributed by atoms with Gasteiger partial charge in [0.25, 0.3) is 0 Å². The number of ether oxygens (including phenoxy) is 1. The number of likely N-dealkylation sites (tertiary alicyclic amines) is 1. The van der Waals surface area contributed by atoms with Gasteiger partial charge < -0.3 is 19.9 Å². The summed E-state index contributed by atoms with van der Waals surface area (Å²) in [6.45, 7) is 3.13. The predicted octanol–water partition coefficient (Wildman–Crippen LogP) is 2.82. The minimum absolute atomic E-state index is 0.0952. The highest BCUT2D eigenvalue weighted by molar-refractivity contribution is 5.98. The number of nitrogens with zero attached hydrogens (tertiary/aromatic N) is 2. The topological polar surface area (TPSA) is 61.9 Å². The minimum Gasteiger partial charge on any atom is -0.378 e. The Labute approximate surface area is 169 Å². The zero-order valence-electron chi connectivity index (χ0n) is 16.3. The van der Waals surface area contributed by atoms with Gasteiger partial charge in [0.05, 0.1) is 25.2 Å². The Kier molecular flexibility index (Phi) is 5.49. The summed E-state index contributed by atoms with van der Waals surface area (Å²) in [6, 6.07) is 13.3. The van der Waals surface area contributed by atoms with Crippen molar-refractivity contribution in [1.29, 1.82) is 0 Å². The van der Waals surface area contributed by atoms with Crippen LogP contribution in [0.1, 0.15) is 18.0 Å². The first-order valence-corrected chi connectivity index (χ1v) is 9.77. The van der Waals surface area contributed by atoms with Gasteiger partial charge in [-0.15, -0.1) is 0 Å². The lowest BCUT2D eigenvalue weighted by Gasteiger charge is -2.29. The van der Waals surface area contributed by atoms with Crippen molar-refractivity contribution in [2.75, 3.05) is 43.6 Å². The highest BCUT2D eigenvalue weighted by Gasteiger charge is 2.42. The van der Waals surface area contributed by atoms with Crippen LogP contribution in [0.3, 0.4) is 0 Å². The van der Waals surface area contributed by atoms with E-state index in [4.69, 9.17) is 4.74 Å². The molecule has 0 spiro atoms. The van der Waals surface area contributed by atoms with E-state index in [1.807, 2.05) is 24.3 Å². The Morgan fingerprint density at radius 3 is 2.38 bits per heavy atom. The second-order valence-electron chi connectivity index (χ2n) is 7.45. The largest absolute Gasteiger partial charge is 0.378 e. The van der Waals surface area contributed by atoms with Crippen LogP contribution in [0.2, 0.25) is 0 Å². The van der Waals surface area contributed by atoms with Gasteiger partial charge in [-0.25, -0.2) is 4.39 Å². The van der Waals surface area contributed by atoms with Gasteiger partial charge in [-0.2, -0.15) is 0 Å². The number of nitrogens with one attached hydrogen (secondary N) is 1. The molecule has 7 heteroatoms. The molecule has 0 saturated carbocycles. The van der Waals surface area contributed by atoms with Crippen LogP contribution in [0.5, 0.6) is 0 Å². The molecule has 2 amide bonds. The number of amides is 2. The summed E-state index contributed by atoms with van der Waals surface area (Å²) in [4.78, 5) is 29.0. The quantitative estimate of drug-likeness (QED) is 0.862. The molecule has 152 valence electrons. The fourth-order valence-corrected chi connectivity index (χ4v) is 4.03. The fraction of sp³-hybridized carbons (Fsp3) is 0.364. The Morgan fingerprint density at radius 1 is 1.07 bits per heavy atom. The molecule has 2 heterocycles. The molecule has 2 aliphatic rings. The number of rotatable bonds is 4. The first-order chi connectivity index (χ1) is 14.0. The molecule has 2 atom stereocenters.